The minimum atomic E-state index is -0.186. The van der Waals surface area contributed by atoms with Crippen LogP contribution in [0.2, 0.25) is 0 Å². The lowest BCUT2D eigenvalue weighted by molar-refractivity contribution is 0.0240. The van der Waals surface area contributed by atoms with Gasteiger partial charge in [0.2, 0.25) is 5.95 Å². The molecule has 0 unspecified atom stereocenters. The lowest BCUT2D eigenvalue weighted by atomic mass is 10.1. The number of piperazine rings is 1. The van der Waals surface area contributed by atoms with Crippen LogP contribution in [-0.4, -0.2) is 74.6 Å². The summed E-state index contributed by atoms with van der Waals surface area (Å²) in [5, 5.41) is 0. The highest BCUT2D eigenvalue weighted by atomic mass is 16.1. The number of hydrogen-bond acceptors (Lipinski definition) is 7. The Morgan fingerprint density at radius 3 is 2.48 bits per heavy atom. The first-order valence-electron chi connectivity index (χ1n) is 8.70. The third kappa shape index (κ3) is 3.40. The van der Waals surface area contributed by atoms with Crippen LogP contribution in [0.5, 0.6) is 0 Å². The first kappa shape index (κ1) is 16.2. The van der Waals surface area contributed by atoms with Gasteiger partial charge in [0, 0.05) is 83.2 Å². The maximum atomic E-state index is 11.6. The predicted molar refractivity (Wildman–Crippen MR) is 94.4 cm³/mol. The van der Waals surface area contributed by atoms with E-state index in [-0.39, 0.29) is 5.69 Å². The largest absolute Gasteiger partial charge is 0.347 e. The van der Waals surface area contributed by atoms with Gasteiger partial charge in [-0.15, -0.1) is 0 Å². The number of hydrogen-bond donors (Lipinski definition) is 0. The molecule has 132 valence electrons. The molecule has 4 rings (SSSR count). The molecule has 0 spiro atoms. The zero-order chi connectivity index (χ0) is 17.2. The van der Waals surface area contributed by atoms with Gasteiger partial charge in [-0.3, -0.25) is 14.4 Å². The number of nitrogens with zero attached hydrogens (tertiary/aromatic N) is 7. The minimum absolute atomic E-state index is 0.186. The Morgan fingerprint density at radius 2 is 1.76 bits per heavy atom. The van der Waals surface area contributed by atoms with Crippen molar-refractivity contribution in [1.82, 2.24) is 29.3 Å². The summed E-state index contributed by atoms with van der Waals surface area (Å²) in [5.41, 5.74) is 0.832. The molecule has 0 saturated carbocycles. The van der Waals surface area contributed by atoms with Crippen LogP contribution in [0, 0.1) is 0 Å². The fourth-order valence-electron chi connectivity index (χ4n) is 3.54. The number of rotatable bonds is 4. The van der Waals surface area contributed by atoms with Gasteiger partial charge in [0.1, 0.15) is 0 Å². The SMILES string of the molecule is Cn1c(CN2CC(N3CCN(c4ncccn4)CC3)C2)ccnc1=O. The Labute approximate surface area is 146 Å². The Balaban J connectivity index is 1.26. The zero-order valence-corrected chi connectivity index (χ0v) is 14.5. The molecular weight excluding hydrogens is 318 g/mol. The van der Waals surface area contributed by atoms with E-state index in [1.807, 2.05) is 12.1 Å². The molecule has 2 aliphatic heterocycles. The van der Waals surface area contributed by atoms with Crippen molar-refractivity contribution in [2.45, 2.75) is 12.6 Å². The van der Waals surface area contributed by atoms with Gasteiger partial charge in [0.05, 0.1) is 0 Å². The Kier molecular flexibility index (Phi) is 4.46. The van der Waals surface area contributed by atoms with Gasteiger partial charge in [-0.1, -0.05) is 0 Å². The molecule has 8 heteroatoms. The van der Waals surface area contributed by atoms with Crippen LogP contribution in [0.3, 0.4) is 0 Å². The van der Waals surface area contributed by atoms with Crippen molar-refractivity contribution in [2.24, 2.45) is 7.05 Å². The van der Waals surface area contributed by atoms with E-state index < -0.39 is 0 Å². The normalized spacial score (nSPS) is 19.8. The van der Waals surface area contributed by atoms with Gasteiger partial charge in [-0.05, 0) is 12.1 Å². The minimum Gasteiger partial charge on any atom is -0.338 e. The number of likely N-dealkylation sites (tertiary alicyclic amines) is 1. The molecule has 0 atom stereocenters. The molecule has 2 saturated heterocycles. The number of aromatic nitrogens is 4. The molecule has 25 heavy (non-hydrogen) atoms. The fourth-order valence-corrected chi connectivity index (χ4v) is 3.54. The molecule has 2 aliphatic rings. The van der Waals surface area contributed by atoms with E-state index in [4.69, 9.17) is 0 Å². The van der Waals surface area contributed by atoms with Crippen LogP contribution in [-0.2, 0) is 13.6 Å². The Bertz CT molecular complexity index is 764. The van der Waals surface area contributed by atoms with Gasteiger partial charge in [-0.2, -0.15) is 0 Å². The molecular formula is C17H23N7O. The summed E-state index contributed by atoms with van der Waals surface area (Å²) >= 11 is 0. The standard InChI is InChI=1S/C17H23N7O/c1-21-14(3-6-20-17(21)25)11-22-12-15(13-22)23-7-9-24(10-8-23)16-18-4-2-5-19-16/h2-6,15H,7-13H2,1H3. The van der Waals surface area contributed by atoms with E-state index in [0.29, 0.717) is 6.04 Å². The highest BCUT2D eigenvalue weighted by Crippen LogP contribution is 2.20. The molecule has 0 N–H and O–H groups in total. The van der Waals surface area contributed by atoms with Crippen LogP contribution in [0.1, 0.15) is 5.69 Å². The maximum absolute atomic E-state index is 11.6. The Morgan fingerprint density at radius 1 is 1.04 bits per heavy atom. The van der Waals surface area contributed by atoms with Gasteiger partial charge in [-0.25, -0.2) is 19.7 Å². The molecule has 2 aromatic heterocycles. The first-order chi connectivity index (χ1) is 12.2. The van der Waals surface area contributed by atoms with Crippen molar-refractivity contribution in [3.05, 3.63) is 46.9 Å². The highest BCUT2D eigenvalue weighted by molar-refractivity contribution is 5.29. The van der Waals surface area contributed by atoms with Crippen LogP contribution < -0.4 is 10.6 Å². The second kappa shape index (κ2) is 6.89. The van der Waals surface area contributed by atoms with E-state index >= 15 is 0 Å². The van der Waals surface area contributed by atoms with Crippen LogP contribution >= 0.6 is 0 Å². The quantitative estimate of drug-likeness (QED) is 0.748. The smallest absolute Gasteiger partial charge is 0.338 e. The monoisotopic (exact) mass is 341 g/mol. The van der Waals surface area contributed by atoms with Gasteiger partial charge >= 0.3 is 5.69 Å². The van der Waals surface area contributed by atoms with Gasteiger partial charge in [0.15, 0.2) is 0 Å². The second-order valence-corrected chi connectivity index (χ2v) is 6.70. The molecule has 0 amide bonds. The van der Waals surface area contributed by atoms with E-state index in [0.717, 1.165) is 57.5 Å². The average Bonchev–Trinajstić information content (AvgIpc) is 2.62. The number of anilines is 1. The molecule has 2 aromatic rings. The third-order valence-electron chi connectivity index (χ3n) is 5.16. The summed E-state index contributed by atoms with van der Waals surface area (Å²) in [6.07, 6.45) is 5.19. The summed E-state index contributed by atoms with van der Waals surface area (Å²) in [4.78, 5) is 31.2. The van der Waals surface area contributed by atoms with Crippen molar-refractivity contribution in [2.75, 3.05) is 44.2 Å². The van der Waals surface area contributed by atoms with E-state index in [1.54, 1.807) is 30.2 Å². The highest BCUT2D eigenvalue weighted by Gasteiger charge is 2.33. The lowest BCUT2D eigenvalue weighted by Crippen LogP contribution is -2.62. The maximum Gasteiger partial charge on any atom is 0.347 e. The summed E-state index contributed by atoms with van der Waals surface area (Å²) < 4.78 is 1.63. The fraction of sp³-hybridized carbons (Fsp3) is 0.529. The van der Waals surface area contributed by atoms with Gasteiger partial charge < -0.3 is 4.90 Å². The van der Waals surface area contributed by atoms with Crippen LogP contribution in [0.15, 0.2) is 35.5 Å². The summed E-state index contributed by atoms with van der Waals surface area (Å²) in [5.74, 6) is 0.830. The van der Waals surface area contributed by atoms with Crippen molar-refractivity contribution >= 4 is 5.95 Å². The molecule has 0 aromatic carbocycles. The molecule has 0 aliphatic carbocycles. The topological polar surface area (TPSA) is 70.4 Å². The van der Waals surface area contributed by atoms with Crippen LogP contribution in [0.25, 0.3) is 0 Å². The molecule has 8 nitrogen and oxygen atoms in total. The molecule has 2 fully saturated rings. The third-order valence-corrected chi connectivity index (χ3v) is 5.16. The average molecular weight is 341 g/mol. The van der Waals surface area contributed by atoms with Crippen molar-refractivity contribution in [1.29, 1.82) is 0 Å². The van der Waals surface area contributed by atoms with E-state index in [9.17, 15) is 4.79 Å². The second-order valence-electron chi connectivity index (χ2n) is 6.70. The summed E-state index contributed by atoms with van der Waals surface area (Å²) in [6.45, 7) is 6.95. The lowest BCUT2D eigenvalue weighted by Gasteiger charge is -2.48. The predicted octanol–water partition coefficient (Wildman–Crippen LogP) is -0.423. The first-order valence-corrected chi connectivity index (χ1v) is 8.70. The van der Waals surface area contributed by atoms with Crippen molar-refractivity contribution in [3.8, 4) is 0 Å². The molecule has 0 radical (unpaired) electrons. The van der Waals surface area contributed by atoms with E-state index in [2.05, 4.69) is 29.7 Å². The molecule has 0 bridgehead atoms. The van der Waals surface area contributed by atoms with Crippen molar-refractivity contribution in [3.63, 3.8) is 0 Å². The van der Waals surface area contributed by atoms with E-state index in [1.165, 1.54) is 0 Å². The van der Waals surface area contributed by atoms with Crippen molar-refractivity contribution < 1.29 is 0 Å². The van der Waals surface area contributed by atoms with Crippen LogP contribution in [0.4, 0.5) is 5.95 Å². The molecule has 4 heterocycles. The van der Waals surface area contributed by atoms with Gasteiger partial charge in [0.25, 0.3) is 0 Å². The Hall–Kier alpha value is -2.32. The summed E-state index contributed by atoms with van der Waals surface area (Å²) in [7, 11) is 1.78. The zero-order valence-electron chi connectivity index (χ0n) is 14.5. The summed E-state index contributed by atoms with van der Waals surface area (Å²) in [6, 6.07) is 4.38.